The quantitative estimate of drug-likeness (QED) is 0.686. The first-order valence-electron chi connectivity index (χ1n) is 8.20. The summed E-state index contributed by atoms with van der Waals surface area (Å²) >= 11 is 0. The van der Waals surface area contributed by atoms with Crippen LogP contribution in [0, 0.1) is 0 Å². The molecule has 0 radical (unpaired) electrons. The molecule has 2 fully saturated rings. The monoisotopic (exact) mass is 314 g/mol. The molecule has 0 atom stereocenters. The maximum Gasteiger partial charge on any atom is 0.325 e. The Bertz CT molecular complexity index is 643. The lowest BCUT2D eigenvalue weighted by atomic mass is 9.97. The van der Waals surface area contributed by atoms with Gasteiger partial charge in [-0.3, -0.25) is 14.5 Å². The van der Waals surface area contributed by atoms with Crippen LogP contribution in [0.25, 0.3) is 0 Å². The second kappa shape index (κ2) is 5.80. The molecule has 0 unspecified atom stereocenters. The van der Waals surface area contributed by atoms with Crippen LogP contribution in [0.15, 0.2) is 24.3 Å². The Morgan fingerprint density at radius 2 is 1.78 bits per heavy atom. The van der Waals surface area contributed by atoms with Crippen LogP contribution in [0.2, 0.25) is 0 Å². The van der Waals surface area contributed by atoms with E-state index >= 15 is 0 Å². The Morgan fingerprint density at radius 1 is 1.17 bits per heavy atom. The molecule has 1 aromatic carbocycles. The first-order valence-corrected chi connectivity index (χ1v) is 8.20. The summed E-state index contributed by atoms with van der Waals surface area (Å²) in [7, 11) is 0. The molecule has 2 aliphatic rings. The van der Waals surface area contributed by atoms with E-state index in [1.54, 1.807) is 12.1 Å². The van der Waals surface area contributed by atoms with Gasteiger partial charge in [-0.1, -0.05) is 51.0 Å². The molecular formula is C18H22N2O3. The molecule has 1 aromatic rings. The number of carbonyl (C=O) groups is 3. The number of hydrogen-bond donors (Lipinski definition) is 1. The molecule has 1 aliphatic carbocycles. The van der Waals surface area contributed by atoms with Crippen LogP contribution in [0.1, 0.15) is 61.4 Å². The molecule has 0 bridgehead atoms. The van der Waals surface area contributed by atoms with E-state index in [4.69, 9.17) is 0 Å². The largest absolute Gasteiger partial charge is 0.325 e. The molecule has 1 N–H and O–H groups in total. The smallest absolute Gasteiger partial charge is 0.323 e. The summed E-state index contributed by atoms with van der Waals surface area (Å²) < 4.78 is 0. The Balaban J connectivity index is 1.72. The van der Waals surface area contributed by atoms with E-state index in [1.165, 1.54) is 0 Å². The predicted octanol–water partition coefficient (Wildman–Crippen LogP) is 2.86. The highest BCUT2D eigenvalue weighted by molar-refractivity contribution is 6.11. The molecule has 5 heteroatoms. The fourth-order valence-corrected chi connectivity index (χ4v) is 3.43. The van der Waals surface area contributed by atoms with Crippen molar-refractivity contribution in [1.82, 2.24) is 10.2 Å². The van der Waals surface area contributed by atoms with E-state index in [1.807, 2.05) is 12.1 Å². The summed E-state index contributed by atoms with van der Waals surface area (Å²) in [5.74, 6) is -0.0571. The second-order valence-electron chi connectivity index (χ2n) is 6.81. The molecule has 1 spiro atoms. The SMILES string of the molecule is CC(C)c1ccc(C(=O)CN2C(=O)NC3(CCCC3)C2=O)cc1. The molecular weight excluding hydrogens is 292 g/mol. The van der Waals surface area contributed by atoms with Crippen LogP contribution < -0.4 is 5.32 Å². The van der Waals surface area contributed by atoms with Crippen molar-refractivity contribution in [2.45, 2.75) is 51.0 Å². The molecule has 1 saturated carbocycles. The zero-order valence-corrected chi connectivity index (χ0v) is 13.6. The van der Waals surface area contributed by atoms with Crippen molar-refractivity contribution >= 4 is 17.7 Å². The van der Waals surface area contributed by atoms with Gasteiger partial charge >= 0.3 is 6.03 Å². The molecule has 1 saturated heterocycles. The molecule has 3 rings (SSSR count). The molecule has 1 aliphatic heterocycles. The summed E-state index contributed by atoms with van der Waals surface area (Å²) in [5.41, 5.74) is 0.933. The van der Waals surface area contributed by atoms with Crippen molar-refractivity contribution in [1.29, 1.82) is 0 Å². The maximum atomic E-state index is 12.5. The third-order valence-electron chi connectivity index (χ3n) is 4.90. The van der Waals surface area contributed by atoms with Crippen LogP contribution >= 0.6 is 0 Å². The van der Waals surface area contributed by atoms with Crippen molar-refractivity contribution in [3.63, 3.8) is 0 Å². The number of carbonyl (C=O) groups excluding carboxylic acids is 3. The van der Waals surface area contributed by atoms with Gasteiger partial charge in [0.25, 0.3) is 5.91 Å². The average Bonchev–Trinajstić information content (AvgIpc) is 3.08. The van der Waals surface area contributed by atoms with Gasteiger partial charge < -0.3 is 5.32 Å². The fourth-order valence-electron chi connectivity index (χ4n) is 3.43. The van der Waals surface area contributed by atoms with Gasteiger partial charge in [-0.05, 0) is 24.3 Å². The van der Waals surface area contributed by atoms with E-state index in [2.05, 4.69) is 19.2 Å². The number of urea groups is 1. The van der Waals surface area contributed by atoms with Crippen molar-refractivity contribution < 1.29 is 14.4 Å². The average molecular weight is 314 g/mol. The number of imide groups is 1. The number of Topliss-reactive ketones (excluding diaryl/α,β-unsaturated/α-hetero) is 1. The van der Waals surface area contributed by atoms with E-state index in [9.17, 15) is 14.4 Å². The highest BCUT2D eigenvalue weighted by Crippen LogP contribution is 2.35. The molecule has 5 nitrogen and oxygen atoms in total. The van der Waals surface area contributed by atoms with Crippen molar-refractivity contribution in [3.8, 4) is 0 Å². The van der Waals surface area contributed by atoms with Crippen molar-refractivity contribution in [2.75, 3.05) is 6.54 Å². The first-order chi connectivity index (χ1) is 10.9. The lowest BCUT2D eigenvalue weighted by Gasteiger charge is -2.19. The van der Waals surface area contributed by atoms with Crippen LogP contribution in [0.3, 0.4) is 0 Å². The van der Waals surface area contributed by atoms with Gasteiger partial charge in [0.05, 0.1) is 6.54 Å². The molecule has 3 amide bonds. The van der Waals surface area contributed by atoms with Gasteiger partial charge in [0, 0.05) is 5.56 Å². The van der Waals surface area contributed by atoms with E-state index in [0.717, 1.165) is 23.3 Å². The molecule has 1 heterocycles. The number of nitrogens with one attached hydrogen (secondary N) is 1. The number of hydrogen-bond acceptors (Lipinski definition) is 3. The van der Waals surface area contributed by atoms with Gasteiger partial charge in [0.15, 0.2) is 5.78 Å². The third kappa shape index (κ3) is 2.76. The number of nitrogens with zero attached hydrogens (tertiary/aromatic N) is 1. The Morgan fingerprint density at radius 3 is 2.35 bits per heavy atom. The number of benzene rings is 1. The van der Waals surface area contributed by atoms with E-state index in [0.29, 0.717) is 24.3 Å². The van der Waals surface area contributed by atoms with E-state index in [-0.39, 0.29) is 18.2 Å². The molecule has 23 heavy (non-hydrogen) atoms. The van der Waals surface area contributed by atoms with Crippen LogP contribution in [-0.4, -0.2) is 34.7 Å². The molecule has 122 valence electrons. The molecule has 0 aromatic heterocycles. The predicted molar refractivity (Wildman–Crippen MR) is 86.3 cm³/mol. The highest BCUT2D eigenvalue weighted by Gasteiger charge is 2.52. The number of rotatable bonds is 4. The summed E-state index contributed by atoms with van der Waals surface area (Å²) in [4.78, 5) is 38.1. The number of amides is 3. The highest BCUT2D eigenvalue weighted by atomic mass is 16.2. The lowest BCUT2D eigenvalue weighted by molar-refractivity contribution is -0.130. The zero-order chi connectivity index (χ0) is 16.6. The standard InChI is InChI=1S/C18H22N2O3/c1-12(2)13-5-7-14(8-6-13)15(21)11-20-16(22)18(19-17(20)23)9-3-4-10-18/h5-8,12H,3-4,9-11H2,1-2H3,(H,19,23). The topological polar surface area (TPSA) is 66.5 Å². The maximum absolute atomic E-state index is 12.5. The fraction of sp³-hybridized carbons (Fsp3) is 0.500. The van der Waals surface area contributed by atoms with Crippen LogP contribution in [-0.2, 0) is 4.79 Å². The van der Waals surface area contributed by atoms with Crippen molar-refractivity contribution in [2.24, 2.45) is 0 Å². The van der Waals surface area contributed by atoms with Crippen LogP contribution in [0.4, 0.5) is 4.79 Å². The van der Waals surface area contributed by atoms with E-state index < -0.39 is 11.6 Å². The van der Waals surface area contributed by atoms with Gasteiger partial charge in [-0.25, -0.2) is 4.79 Å². The summed E-state index contributed by atoms with van der Waals surface area (Å²) in [5, 5.41) is 2.80. The Labute approximate surface area is 136 Å². The normalized spacial score (nSPS) is 19.7. The zero-order valence-electron chi connectivity index (χ0n) is 13.6. The number of ketones is 1. The van der Waals surface area contributed by atoms with Gasteiger partial charge in [0.2, 0.25) is 0 Å². The van der Waals surface area contributed by atoms with Crippen LogP contribution in [0.5, 0.6) is 0 Å². The lowest BCUT2D eigenvalue weighted by Crippen LogP contribution is -2.44. The first kappa shape index (κ1) is 15.7. The van der Waals surface area contributed by atoms with Gasteiger partial charge in [-0.15, -0.1) is 0 Å². The Hall–Kier alpha value is -2.17. The minimum Gasteiger partial charge on any atom is -0.323 e. The summed E-state index contributed by atoms with van der Waals surface area (Å²) in [6.45, 7) is 3.99. The van der Waals surface area contributed by atoms with Gasteiger partial charge in [0.1, 0.15) is 5.54 Å². The van der Waals surface area contributed by atoms with Crippen molar-refractivity contribution in [3.05, 3.63) is 35.4 Å². The van der Waals surface area contributed by atoms with Gasteiger partial charge in [-0.2, -0.15) is 0 Å². The minimum atomic E-state index is -0.751. The summed E-state index contributed by atoms with van der Waals surface area (Å²) in [6.07, 6.45) is 3.21. The Kier molecular flexibility index (Phi) is 3.96. The minimum absolute atomic E-state index is 0.187. The summed E-state index contributed by atoms with van der Waals surface area (Å²) in [6, 6.07) is 6.93. The third-order valence-corrected chi connectivity index (χ3v) is 4.90. The second-order valence-corrected chi connectivity index (χ2v) is 6.81.